The average Bonchev–Trinajstić information content (AvgIpc) is 3.34. The van der Waals surface area contributed by atoms with Crippen molar-refractivity contribution in [1.82, 2.24) is 25.8 Å². The van der Waals surface area contributed by atoms with Crippen molar-refractivity contribution in [2.45, 2.75) is 13.1 Å². The highest BCUT2D eigenvalue weighted by molar-refractivity contribution is 14.0. The fraction of sp³-hybridized carbons (Fsp3) is 0.235. The van der Waals surface area contributed by atoms with E-state index < -0.39 is 0 Å². The number of aromatic amines is 1. The maximum Gasteiger partial charge on any atom is 0.191 e. The topological polar surface area (TPSA) is 87.2 Å². The van der Waals surface area contributed by atoms with Gasteiger partial charge in [-0.2, -0.15) is 16.4 Å². The fourth-order valence-corrected chi connectivity index (χ4v) is 2.88. The van der Waals surface area contributed by atoms with Crippen LogP contribution in [0.4, 0.5) is 0 Å². The zero-order valence-electron chi connectivity index (χ0n) is 14.5. The molecule has 3 rings (SSSR count). The van der Waals surface area contributed by atoms with Gasteiger partial charge in [0.1, 0.15) is 11.6 Å². The molecule has 2 heterocycles. The summed E-state index contributed by atoms with van der Waals surface area (Å²) in [6.45, 7) is 1.24. The molecule has 9 heteroatoms. The van der Waals surface area contributed by atoms with Crippen LogP contribution < -0.4 is 15.4 Å². The Bertz CT molecular complexity index is 816. The Kier molecular flexibility index (Phi) is 7.85. The smallest absolute Gasteiger partial charge is 0.191 e. The highest BCUT2D eigenvalue weighted by Crippen LogP contribution is 2.18. The van der Waals surface area contributed by atoms with Crippen molar-refractivity contribution >= 4 is 41.3 Å². The van der Waals surface area contributed by atoms with E-state index in [4.69, 9.17) is 4.74 Å². The van der Waals surface area contributed by atoms with E-state index in [0.29, 0.717) is 18.3 Å². The summed E-state index contributed by atoms with van der Waals surface area (Å²) >= 11 is 1.68. The van der Waals surface area contributed by atoms with E-state index in [1.165, 1.54) is 5.56 Å². The Morgan fingerprint density at radius 1 is 1.19 bits per heavy atom. The number of H-pyrrole nitrogens is 1. The molecule has 0 bridgehead atoms. The van der Waals surface area contributed by atoms with Crippen molar-refractivity contribution in [2.24, 2.45) is 4.99 Å². The molecule has 3 N–H and O–H groups in total. The fourth-order valence-electron chi connectivity index (χ4n) is 2.21. The number of hydrogen-bond acceptors (Lipinski definition) is 5. The van der Waals surface area contributed by atoms with E-state index in [9.17, 15) is 0 Å². The monoisotopic (exact) mass is 484 g/mol. The summed E-state index contributed by atoms with van der Waals surface area (Å²) in [6, 6.07) is 9.73. The van der Waals surface area contributed by atoms with Gasteiger partial charge in [0.05, 0.1) is 13.7 Å². The molecule has 2 aromatic heterocycles. The molecule has 0 fully saturated rings. The second kappa shape index (κ2) is 10.1. The first-order valence-corrected chi connectivity index (χ1v) is 8.74. The van der Waals surface area contributed by atoms with Crippen LogP contribution in [0, 0.1) is 0 Å². The maximum atomic E-state index is 5.16. The van der Waals surface area contributed by atoms with Gasteiger partial charge < -0.3 is 15.4 Å². The maximum absolute atomic E-state index is 5.16. The molecule has 0 aliphatic rings. The van der Waals surface area contributed by atoms with Crippen LogP contribution in [0.1, 0.15) is 11.4 Å². The third-order valence-electron chi connectivity index (χ3n) is 3.57. The minimum atomic E-state index is 0. The van der Waals surface area contributed by atoms with E-state index in [2.05, 4.69) is 47.6 Å². The molecule has 0 aliphatic heterocycles. The summed E-state index contributed by atoms with van der Waals surface area (Å²) in [6.07, 6.45) is 0. The second-order valence-electron chi connectivity index (χ2n) is 5.25. The molecule has 0 radical (unpaired) electrons. The van der Waals surface area contributed by atoms with Crippen molar-refractivity contribution < 1.29 is 4.74 Å². The van der Waals surface area contributed by atoms with Crippen LogP contribution in [0.15, 0.2) is 46.1 Å². The van der Waals surface area contributed by atoms with Gasteiger partial charge in [0, 0.05) is 19.2 Å². The summed E-state index contributed by atoms with van der Waals surface area (Å²) in [5.74, 6) is 2.92. The lowest BCUT2D eigenvalue weighted by Gasteiger charge is -2.09. The molecular weight excluding hydrogens is 463 g/mol. The number of rotatable bonds is 6. The molecular formula is C17H21IN6OS. The summed E-state index contributed by atoms with van der Waals surface area (Å²) in [4.78, 5) is 8.71. The van der Waals surface area contributed by atoms with E-state index in [1.54, 1.807) is 25.5 Å². The van der Waals surface area contributed by atoms with Gasteiger partial charge in [0.2, 0.25) is 0 Å². The van der Waals surface area contributed by atoms with Gasteiger partial charge in [-0.25, -0.2) is 4.98 Å². The first kappa shape index (κ1) is 20.2. The Labute approximate surface area is 173 Å². The predicted octanol–water partition coefficient (Wildman–Crippen LogP) is 3.03. The number of methoxy groups -OCH3 is 1. The van der Waals surface area contributed by atoms with Crippen LogP contribution >= 0.6 is 35.3 Å². The SMILES string of the molecule is CN=C(NCc1ccsc1)NCc1nc(-c2ccc(OC)cc2)n[nH]1.I. The quantitative estimate of drug-likeness (QED) is 0.285. The molecule has 3 aromatic rings. The standard InChI is InChI=1S/C17H20N6OS.HI/c1-18-17(19-9-12-7-8-25-11-12)20-10-15-21-16(23-22-15)13-3-5-14(24-2)6-4-13;/h3-8,11H,9-10H2,1-2H3,(H2,18,19,20)(H,21,22,23);1H. The zero-order chi connectivity index (χ0) is 17.5. The van der Waals surface area contributed by atoms with Gasteiger partial charge in [0.15, 0.2) is 11.8 Å². The van der Waals surface area contributed by atoms with Crippen molar-refractivity contribution in [3.05, 3.63) is 52.5 Å². The molecule has 0 saturated carbocycles. The lowest BCUT2D eigenvalue weighted by Crippen LogP contribution is -2.36. The number of hydrogen-bond donors (Lipinski definition) is 3. The molecule has 0 spiro atoms. The summed E-state index contributed by atoms with van der Waals surface area (Å²) in [5, 5.41) is 17.9. The number of guanidine groups is 1. The number of aromatic nitrogens is 3. The Hall–Kier alpha value is -2.14. The summed E-state index contributed by atoms with van der Waals surface area (Å²) < 4.78 is 5.16. The van der Waals surface area contributed by atoms with Crippen LogP contribution in [0.25, 0.3) is 11.4 Å². The third-order valence-corrected chi connectivity index (χ3v) is 4.30. The van der Waals surface area contributed by atoms with Crippen LogP contribution in [0.3, 0.4) is 0 Å². The van der Waals surface area contributed by atoms with E-state index >= 15 is 0 Å². The molecule has 26 heavy (non-hydrogen) atoms. The molecule has 0 unspecified atom stereocenters. The van der Waals surface area contributed by atoms with E-state index in [1.807, 2.05) is 24.3 Å². The second-order valence-corrected chi connectivity index (χ2v) is 6.03. The van der Waals surface area contributed by atoms with E-state index in [0.717, 1.165) is 23.7 Å². The number of halogens is 1. The molecule has 0 amide bonds. The van der Waals surface area contributed by atoms with Gasteiger partial charge >= 0.3 is 0 Å². The number of nitrogens with one attached hydrogen (secondary N) is 3. The minimum Gasteiger partial charge on any atom is -0.497 e. The highest BCUT2D eigenvalue weighted by Gasteiger charge is 2.07. The lowest BCUT2D eigenvalue weighted by molar-refractivity contribution is 0.415. The highest BCUT2D eigenvalue weighted by atomic mass is 127. The van der Waals surface area contributed by atoms with Gasteiger partial charge in [0.25, 0.3) is 0 Å². The molecule has 0 atom stereocenters. The molecule has 0 saturated heterocycles. The number of ether oxygens (including phenoxy) is 1. The lowest BCUT2D eigenvalue weighted by atomic mass is 10.2. The Balaban J connectivity index is 0.00000243. The van der Waals surface area contributed by atoms with Crippen molar-refractivity contribution in [2.75, 3.05) is 14.2 Å². The molecule has 1 aromatic carbocycles. The molecule has 0 aliphatic carbocycles. The van der Waals surface area contributed by atoms with Gasteiger partial charge in [-0.1, -0.05) is 0 Å². The zero-order valence-corrected chi connectivity index (χ0v) is 17.7. The average molecular weight is 484 g/mol. The van der Waals surface area contributed by atoms with Gasteiger partial charge in [-0.3, -0.25) is 10.1 Å². The summed E-state index contributed by atoms with van der Waals surface area (Å²) in [7, 11) is 3.39. The van der Waals surface area contributed by atoms with Crippen LogP contribution in [0.2, 0.25) is 0 Å². The van der Waals surface area contributed by atoms with Crippen molar-refractivity contribution in [3.63, 3.8) is 0 Å². The van der Waals surface area contributed by atoms with Crippen LogP contribution in [-0.4, -0.2) is 35.3 Å². The first-order valence-electron chi connectivity index (χ1n) is 7.80. The number of thiophene rings is 1. The Morgan fingerprint density at radius 3 is 2.62 bits per heavy atom. The molecule has 7 nitrogen and oxygen atoms in total. The largest absolute Gasteiger partial charge is 0.497 e. The first-order chi connectivity index (χ1) is 12.3. The number of benzene rings is 1. The van der Waals surface area contributed by atoms with Crippen molar-refractivity contribution in [3.8, 4) is 17.1 Å². The minimum absolute atomic E-state index is 0. The predicted molar refractivity (Wildman–Crippen MR) is 115 cm³/mol. The van der Waals surface area contributed by atoms with Crippen molar-refractivity contribution in [1.29, 1.82) is 0 Å². The number of aliphatic imine (C=N–C) groups is 1. The van der Waals surface area contributed by atoms with Gasteiger partial charge in [-0.05, 0) is 46.7 Å². The molecule has 138 valence electrons. The Morgan fingerprint density at radius 2 is 1.96 bits per heavy atom. The van der Waals surface area contributed by atoms with Crippen LogP contribution in [-0.2, 0) is 13.1 Å². The van der Waals surface area contributed by atoms with E-state index in [-0.39, 0.29) is 24.0 Å². The summed E-state index contributed by atoms with van der Waals surface area (Å²) in [5.41, 5.74) is 2.16. The van der Waals surface area contributed by atoms with Gasteiger partial charge in [-0.15, -0.1) is 24.0 Å². The van der Waals surface area contributed by atoms with Crippen LogP contribution in [0.5, 0.6) is 5.75 Å². The number of nitrogens with zero attached hydrogens (tertiary/aromatic N) is 3. The normalized spacial score (nSPS) is 10.9. The third kappa shape index (κ3) is 5.43.